The molecule has 0 aromatic heterocycles. The lowest BCUT2D eigenvalue weighted by atomic mass is 9.89. The summed E-state index contributed by atoms with van der Waals surface area (Å²) in [5.74, 6) is -0.466. The van der Waals surface area contributed by atoms with Gasteiger partial charge in [0.15, 0.2) is 5.79 Å². The molecule has 1 aromatic carbocycles. The highest BCUT2D eigenvalue weighted by molar-refractivity contribution is 5.79. The van der Waals surface area contributed by atoms with Crippen LogP contribution in [-0.4, -0.2) is 87.2 Å². The number of ether oxygens (including phenoxy) is 7. The number of esters is 1. The summed E-state index contributed by atoms with van der Waals surface area (Å²) >= 11 is 0. The summed E-state index contributed by atoms with van der Waals surface area (Å²) in [4.78, 5) is 24.4. The van der Waals surface area contributed by atoms with E-state index >= 15 is 0 Å². The molecule has 1 aromatic rings. The molecule has 1 spiro atoms. The van der Waals surface area contributed by atoms with Crippen LogP contribution in [0.3, 0.4) is 0 Å². The maximum absolute atomic E-state index is 12.8. The fourth-order valence-corrected chi connectivity index (χ4v) is 6.15. The van der Waals surface area contributed by atoms with E-state index in [1.165, 1.54) is 7.11 Å². The molecule has 3 aliphatic heterocycles. The van der Waals surface area contributed by atoms with Gasteiger partial charge >= 0.3 is 5.97 Å². The second kappa shape index (κ2) is 16.1. The molecule has 1 N–H and O–H groups in total. The largest absolute Gasteiger partial charge is 0.497 e. The molecule has 2 saturated heterocycles. The lowest BCUT2D eigenvalue weighted by Crippen LogP contribution is -2.53. The molecule has 0 aliphatic carbocycles. The monoisotopic (exact) mass is 604 g/mol. The zero-order valence-corrected chi connectivity index (χ0v) is 25.9. The molecule has 0 bridgehead atoms. The molecule has 10 nitrogen and oxygen atoms in total. The number of rotatable bonds is 14. The standard InChI is InChI=1S/C33H48O10/c1-22-12-14-33(15-13-29(38-3)31(43-33)21-40-20-23-8-10-26(37-2)11-9-23)42-30(22)18-25(35)16-24(34)17-27-6-5-7-28(41-27)19-32(36)39-4/h8-12,14,22,25,27-31,35H,5-7,13,15-21H2,1-4H3/t22-,25-,27-,28+,29-,30+,31+,33-/m0/s1. The maximum atomic E-state index is 12.8. The first-order valence-corrected chi connectivity index (χ1v) is 15.4. The molecule has 2 fully saturated rings. The van der Waals surface area contributed by atoms with Gasteiger partial charge in [0.2, 0.25) is 0 Å². The Labute approximate surface area is 254 Å². The third-order valence-corrected chi connectivity index (χ3v) is 8.63. The van der Waals surface area contributed by atoms with Crippen molar-refractivity contribution in [3.05, 3.63) is 42.0 Å². The van der Waals surface area contributed by atoms with Gasteiger partial charge in [0.05, 0.1) is 64.4 Å². The number of hydrogen-bond acceptors (Lipinski definition) is 10. The Morgan fingerprint density at radius 3 is 2.44 bits per heavy atom. The molecular weight excluding hydrogens is 556 g/mol. The van der Waals surface area contributed by atoms with Crippen LogP contribution >= 0.6 is 0 Å². The van der Waals surface area contributed by atoms with Crippen LogP contribution in [0.4, 0.5) is 0 Å². The lowest BCUT2D eigenvalue weighted by Gasteiger charge is -2.47. The van der Waals surface area contributed by atoms with Crippen LogP contribution in [0.25, 0.3) is 0 Å². The molecule has 8 atom stereocenters. The Kier molecular flexibility index (Phi) is 12.6. The van der Waals surface area contributed by atoms with Crippen LogP contribution in [0.1, 0.15) is 70.3 Å². The summed E-state index contributed by atoms with van der Waals surface area (Å²) in [5.41, 5.74) is 1.03. The lowest BCUT2D eigenvalue weighted by molar-refractivity contribution is -0.307. The van der Waals surface area contributed by atoms with Crippen LogP contribution in [0.5, 0.6) is 5.75 Å². The van der Waals surface area contributed by atoms with Crippen molar-refractivity contribution in [2.75, 3.05) is 27.9 Å². The number of benzene rings is 1. The first-order chi connectivity index (χ1) is 20.7. The minimum atomic E-state index is -0.936. The Hall–Kier alpha value is -2.34. The summed E-state index contributed by atoms with van der Waals surface area (Å²) in [7, 11) is 4.67. The van der Waals surface area contributed by atoms with Crippen LogP contribution in [0, 0.1) is 5.92 Å². The Balaban J connectivity index is 1.26. The van der Waals surface area contributed by atoms with Gasteiger partial charge in [0, 0.05) is 38.7 Å². The number of methoxy groups -OCH3 is 3. The van der Waals surface area contributed by atoms with Gasteiger partial charge in [-0.2, -0.15) is 0 Å². The molecule has 10 heteroatoms. The molecular formula is C33H48O10. The van der Waals surface area contributed by atoms with E-state index in [0.29, 0.717) is 26.1 Å². The van der Waals surface area contributed by atoms with Crippen LogP contribution < -0.4 is 4.74 Å². The number of carbonyl (C=O) groups excluding carboxylic acids is 2. The molecule has 0 saturated carbocycles. The summed E-state index contributed by atoms with van der Waals surface area (Å²) < 4.78 is 40.7. The fraction of sp³-hybridized carbons (Fsp3) is 0.697. The molecule has 0 radical (unpaired) electrons. The van der Waals surface area contributed by atoms with Gasteiger partial charge in [0.1, 0.15) is 17.6 Å². The van der Waals surface area contributed by atoms with Crippen molar-refractivity contribution in [2.24, 2.45) is 5.92 Å². The minimum absolute atomic E-state index is 0.0270. The average molecular weight is 605 g/mol. The highest BCUT2D eigenvalue weighted by Crippen LogP contribution is 2.39. The van der Waals surface area contributed by atoms with Crippen molar-refractivity contribution in [2.45, 2.75) is 114 Å². The van der Waals surface area contributed by atoms with Gasteiger partial charge in [0.25, 0.3) is 0 Å². The van der Waals surface area contributed by atoms with E-state index < -0.39 is 11.9 Å². The summed E-state index contributed by atoms with van der Waals surface area (Å²) in [6.45, 7) is 2.81. The topological polar surface area (TPSA) is 119 Å². The second-order valence-corrected chi connectivity index (χ2v) is 11.9. The van der Waals surface area contributed by atoms with Gasteiger partial charge < -0.3 is 38.3 Å². The van der Waals surface area contributed by atoms with E-state index in [9.17, 15) is 14.7 Å². The molecule has 3 heterocycles. The summed E-state index contributed by atoms with van der Waals surface area (Å²) in [6, 6.07) is 7.74. The number of aliphatic hydroxyl groups excluding tert-OH is 1. The zero-order valence-electron chi connectivity index (χ0n) is 25.9. The number of hydrogen-bond donors (Lipinski definition) is 1. The maximum Gasteiger partial charge on any atom is 0.308 e. The van der Waals surface area contributed by atoms with Crippen molar-refractivity contribution < 1.29 is 47.9 Å². The normalized spacial score (nSPS) is 31.5. The van der Waals surface area contributed by atoms with E-state index in [4.69, 9.17) is 33.2 Å². The van der Waals surface area contributed by atoms with E-state index in [2.05, 4.69) is 6.08 Å². The predicted octanol–water partition coefficient (Wildman–Crippen LogP) is 4.29. The predicted molar refractivity (Wildman–Crippen MR) is 157 cm³/mol. The molecule has 3 aliphatic rings. The third-order valence-electron chi connectivity index (χ3n) is 8.63. The van der Waals surface area contributed by atoms with Crippen molar-refractivity contribution in [3.8, 4) is 5.75 Å². The highest BCUT2D eigenvalue weighted by Gasteiger charge is 2.45. The third kappa shape index (κ3) is 9.83. The number of Topliss-reactive ketones (excluding diaryl/α,β-unsaturated/α-hetero) is 1. The van der Waals surface area contributed by atoms with Crippen molar-refractivity contribution >= 4 is 11.8 Å². The van der Waals surface area contributed by atoms with Gasteiger partial charge in [-0.1, -0.05) is 25.1 Å². The molecule has 0 unspecified atom stereocenters. The molecule has 240 valence electrons. The Morgan fingerprint density at radius 1 is 1.02 bits per heavy atom. The molecule has 0 amide bonds. The Morgan fingerprint density at radius 2 is 1.74 bits per heavy atom. The van der Waals surface area contributed by atoms with Crippen LogP contribution in [0.15, 0.2) is 36.4 Å². The van der Waals surface area contributed by atoms with Crippen molar-refractivity contribution in [1.29, 1.82) is 0 Å². The second-order valence-electron chi connectivity index (χ2n) is 11.9. The quantitative estimate of drug-likeness (QED) is 0.243. The molecule has 4 rings (SSSR count). The minimum Gasteiger partial charge on any atom is -0.497 e. The first-order valence-electron chi connectivity index (χ1n) is 15.4. The van der Waals surface area contributed by atoms with E-state index in [1.54, 1.807) is 14.2 Å². The first kappa shape index (κ1) is 33.6. The number of ketones is 1. The SMILES string of the molecule is COC(=O)C[C@H]1CCC[C@@H](CC(=O)C[C@H](O)C[C@H]2O[C@]3(C=C[C@@H]2C)CC[C@H](OC)[C@@H](COCc2ccc(OC)cc2)O3)O1. The van der Waals surface area contributed by atoms with Gasteiger partial charge in [-0.15, -0.1) is 0 Å². The smallest absolute Gasteiger partial charge is 0.308 e. The Bertz CT molecular complexity index is 1060. The number of carbonyl (C=O) groups is 2. The fourth-order valence-electron chi connectivity index (χ4n) is 6.15. The zero-order chi connectivity index (χ0) is 30.8. The van der Waals surface area contributed by atoms with Gasteiger partial charge in [-0.05, 0) is 49.5 Å². The van der Waals surface area contributed by atoms with E-state index in [-0.39, 0.29) is 67.5 Å². The summed E-state index contributed by atoms with van der Waals surface area (Å²) in [6.07, 6.45) is 6.47. The van der Waals surface area contributed by atoms with Gasteiger partial charge in [-0.25, -0.2) is 0 Å². The van der Waals surface area contributed by atoms with Gasteiger partial charge in [-0.3, -0.25) is 9.59 Å². The highest BCUT2D eigenvalue weighted by atomic mass is 16.7. The molecule has 43 heavy (non-hydrogen) atoms. The summed E-state index contributed by atoms with van der Waals surface area (Å²) in [5, 5.41) is 10.9. The van der Waals surface area contributed by atoms with E-state index in [0.717, 1.165) is 37.0 Å². The van der Waals surface area contributed by atoms with Crippen molar-refractivity contribution in [1.82, 2.24) is 0 Å². The average Bonchev–Trinajstić information content (AvgIpc) is 2.99. The van der Waals surface area contributed by atoms with Crippen LogP contribution in [0.2, 0.25) is 0 Å². The van der Waals surface area contributed by atoms with Crippen LogP contribution in [-0.2, 0) is 44.6 Å². The van der Waals surface area contributed by atoms with E-state index in [1.807, 2.05) is 37.3 Å². The number of aliphatic hydroxyl groups is 1. The van der Waals surface area contributed by atoms with Crippen molar-refractivity contribution in [3.63, 3.8) is 0 Å².